The number of nitrogens with one attached hydrogen (secondary N) is 2. The third-order valence-corrected chi connectivity index (χ3v) is 5.08. The lowest BCUT2D eigenvalue weighted by Gasteiger charge is -2.12. The number of rotatable bonds is 6. The van der Waals surface area contributed by atoms with Gasteiger partial charge in [0.1, 0.15) is 17.9 Å². The van der Waals surface area contributed by atoms with Crippen LogP contribution in [0.5, 0.6) is 0 Å². The van der Waals surface area contributed by atoms with E-state index in [-0.39, 0.29) is 17.4 Å². The molecule has 0 aliphatic carbocycles. The summed E-state index contributed by atoms with van der Waals surface area (Å²) in [7, 11) is 0. The van der Waals surface area contributed by atoms with E-state index in [1.54, 1.807) is 18.3 Å². The number of fused-ring (bicyclic) bond motifs is 2. The van der Waals surface area contributed by atoms with Gasteiger partial charge in [-0.15, -0.1) is 0 Å². The van der Waals surface area contributed by atoms with Gasteiger partial charge in [0.2, 0.25) is 5.91 Å². The first-order valence-corrected chi connectivity index (χ1v) is 9.71. The number of amides is 1. The minimum Gasteiger partial charge on any atom is -0.480 e. The van der Waals surface area contributed by atoms with Gasteiger partial charge >= 0.3 is 5.97 Å². The van der Waals surface area contributed by atoms with Gasteiger partial charge in [0.15, 0.2) is 5.43 Å². The van der Waals surface area contributed by atoms with E-state index in [0.717, 1.165) is 28.1 Å². The summed E-state index contributed by atoms with van der Waals surface area (Å²) in [6.07, 6.45) is 5.61. The highest BCUT2D eigenvalue weighted by Crippen LogP contribution is 2.19. The average Bonchev–Trinajstić information content (AvgIpc) is 3.16. The molecule has 1 unspecified atom stereocenters. The van der Waals surface area contributed by atoms with Crippen molar-refractivity contribution in [2.24, 2.45) is 0 Å². The number of para-hydroxylation sites is 1. The van der Waals surface area contributed by atoms with Crippen LogP contribution in [-0.4, -0.2) is 28.0 Å². The van der Waals surface area contributed by atoms with Crippen LogP contribution in [0.25, 0.3) is 27.9 Å². The molecule has 7 nitrogen and oxygen atoms in total. The number of carboxylic acid groups (broad SMARTS) is 1. The zero-order valence-electron chi connectivity index (χ0n) is 16.7. The number of aromatic nitrogens is 1. The number of benzene rings is 2. The zero-order valence-corrected chi connectivity index (χ0v) is 16.7. The maximum absolute atomic E-state index is 12.6. The maximum atomic E-state index is 12.6. The van der Waals surface area contributed by atoms with Crippen LogP contribution in [0.15, 0.2) is 70.2 Å². The number of H-pyrrole nitrogens is 1. The Morgan fingerprint density at radius 2 is 2.00 bits per heavy atom. The first-order chi connectivity index (χ1) is 14.9. The molecule has 0 saturated carbocycles. The fourth-order valence-electron chi connectivity index (χ4n) is 3.48. The van der Waals surface area contributed by atoms with Crippen LogP contribution >= 0.6 is 0 Å². The molecule has 0 saturated heterocycles. The number of aryl methyl sites for hydroxylation is 1. The number of hydrogen-bond donors (Lipinski definition) is 3. The summed E-state index contributed by atoms with van der Waals surface area (Å²) < 4.78 is 5.46. The second kappa shape index (κ2) is 8.31. The third-order valence-electron chi connectivity index (χ3n) is 5.08. The van der Waals surface area contributed by atoms with Crippen LogP contribution in [0.4, 0.5) is 0 Å². The number of hydrogen-bond acceptors (Lipinski definition) is 4. The largest absolute Gasteiger partial charge is 0.480 e. The van der Waals surface area contributed by atoms with E-state index in [4.69, 9.17) is 4.42 Å². The van der Waals surface area contributed by atoms with E-state index >= 15 is 0 Å². The van der Waals surface area contributed by atoms with Crippen LogP contribution in [0.3, 0.4) is 0 Å². The normalized spacial score (nSPS) is 12.4. The lowest BCUT2D eigenvalue weighted by atomic mass is 10.0. The van der Waals surface area contributed by atoms with Gasteiger partial charge in [-0.05, 0) is 36.8 Å². The third kappa shape index (κ3) is 4.25. The zero-order chi connectivity index (χ0) is 22.0. The van der Waals surface area contributed by atoms with E-state index in [1.807, 2.05) is 37.3 Å². The molecule has 4 aromatic rings. The Labute approximate surface area is 177 Å². The van der Waals surface area contributed by atoms with Crippen LogP contribution in [0.2, 0.25) is 0 Å². The second-order valence-electron chi connectivity index (χ2n) is 7.32. The molecule has 0 fully saturated rings. The summed E-state index contributed by atoms with van der Waals surface area (Å²) in [6.45, 7) is 1.87. The predicted molar refractivity (Wildman–Crippen MR) is 118 cm³/mol. The number of aromatic amines is 1. The van der Waals surface area contributed by atoms with Crippen molar-refractivity contribution < 1.29 is 19.1 Å². The van der Waals surface area contributed by atoms with Gasteiger partial charge < -0.3 is 19.8 Å². The topological polar surface area (TPSA) is 112 Å². The van der Waals surface area contributed by atoms with Crippen molar-refractivity contribution >= 4 is 39.8 Å². The summed E-state index contributed by atoms with van der Waals surface area (Å²) in [5.41, 5.74) is 3.01. The van der Waals surface area contributed by atoms with Crippen molar-refractivity contribution in [3.8, 4) is 0 Å². The molecule has 2 heterocycles. The first-order valence-electron chi connectivity index (χ1n) is 9.71. The molecule has 7 heteroatoms. The molecule has 31 heavy (non-hydrogen) atoms. The van der Waals surface area contributed by atoms with Crippen molar-refractivity contribution in [3.05, 3.63) is 87.9 Å². The molecule has 0 aliphatic rings. The van der Waals surface area contributed by atoms with Crippen molar-refractivity contribution in [3.63, 3.8) is 0 Å². The molecule has 2 aromatic heterocycles. The van der Waals surface area contributed by atoms with Crippen LogP contribution in [-0.2, 0) is 16.0 Å². The summed E-state index contributed by atoms with van der Waals surface area (Å²) in [6, 6.07) is 11.7. The number of carbonyl (C=O) groups excluding carboxylic acids is 1. The molecule has 0 radical (unpaired) electrons. The lowest BCUT2D eigenvalue weighted by Crippen LogP contribution is -2.41. The van der Waals surface area contributed by atoms with Crippen molar-refractivity contribution in [1.82, 2.24) is 10.3 Å². The monoisotopic (exact) mass is 416 g/mol. The minimum atomic E-state index is -1.15. The second-order valence-corrected chi connectivity index (χ2v) is 7.32. The van der Waals surface area contributed by atoms with E-state index in [2.05, 4.69) is 10.3 Å². The number of carboxylic acids is 1. The van der Waals surface area contributed by atoms with Gasteiger partial charge in [0.25, 0.3) is 0 Å². The fourth-order valence-corrected chi connectivity index (χ4v) is 3.48. The highest BCUT2D eigenvalue weighted by molar-refractivity contribution is 5.95. The van der Waals surface area contributed by atoms with E-state index < -0.39 is 17.9 Å². The highest BCUT2D eigenvalue weighted by Gasteiger charge is 2.21. The van der Waals surface area contributed by atoms with Crippen molar-refractivity contribution in [2.45, 2.75) is 19.4 Å². The Morgan fingerprint density at radius 1 is 1.19 bits per heavy atom. The molecule has 3 N–H and O–H groups in total. The molecule has 0 aliphatic heterocycles. The predicted octanol–water partition coefficient (Wildman–Crippen LogP) is 3.41. The summed E-state index contributed by atoms with van der Waals surface area (Å²) >= 11 is 0. The lowest BCUT2D eigenvalue weighted by molar-refractivity contribution is -0.141. The van der Waals surface area contributed by atoms with E-state index in [1.165, 1.54) is 12.3 Å². The Bertz CT molecular complexity index is 1380. The molecule has 1 atom stereocenters. The summed E-state index contributed by atoms with van der Waals surface area (Å²) in [5, 5.41) is 13.4. The van der Waals surface area contributed by atoms with Gasteiger partial charge in [-0.2, -0.15) is 0 Å². The quantitative estimate of drug-likeness (QED) is 0.417. The summed E-state index contributed by atoms with van der Waals surface area (Å²) in [4.78, 5) is 39.8. The molecule has 0 spiro atoms. The van der Waals surface area contributed by atoms with Crippen LogP contribution in [0.1, 0.15) is 16.7 Å². The Morgan fingerprint density at radius 3 is 2.81 bits per heavy atom. The molecular weight excluding hydrogens is 396 g/mol. The smallest absolute Gasteiger partial charge is 0.326 e. The van der Waals surface area contributed by atoms with Crippen LogP contribution < -0.4 is 10.7 Å². The Kier molecular flexibility index (Phi) is 5.41. The van der Waals surface area contributed by atoms with Gasteiger partial charge in [0.05, 0.1) is 10.9 Å². The number of aliphatic carboxylic acids is 1. The van der Waals surface area contributed by atoms with Gasteiger partial charge in [-0.3, -0.25) is 9.59 Å². The van der Waals surface area contributed by atoms with Crippen molar-refractivity contribution in [2.75, 3.05) is 0 Å². The fraction of sp³-hybridized carbons (Fsp3) is 0.125. The maximum Gasteiger partial charge on any atom is 0.326 e. The SMILES string of the molecule is Cc1ccc2occ(/C=C/C(=O)NC(Cc3c[nH]c4ccccc34)C(=O)O)c(=O)c2c1. The van der Waals surface area contributed by atoms with Gasteiger partial charge in [0, 0.05) is 29.6 Å². The molecule has 1 amide bonds. The average molecular weight is 416 g/mol. The number of carbonyl (C=O) groups is 2. The Hall–Kier alpha value is -4.13. The molecule has 2 aromatic carbocycles. The highest BCUT2D eigenvalue weighted by atomic mass is 16.4. The van der Waals surface area contributed by atoms with Gasteiger partial charge in [-0.1, -0.05) is 29.8 Å². The summed E-state index contributed by atoms with van der Waals surface area (Å²) in [5.74, 6) is -1.76. The van der Waals surface area contributed by atoms with Crippen LogP contribution in [0, 0.1) is 6.92 Å². The molecule has 156 valence electrons. The van der Waals surface area contributed by atoms with E-state index in [9.17, 15) is 19.5 Å². The van der Waals surface area contributed by atoms with Gasteiger partial charge in [-0.25, -0.2) is 4.79 Å². The van der Waals surface area contributed by atoms with Crippen molar-refractivity contribution in [1.29, 1.82) is 0 Å². The standard InChI is InChI=1S/C24H20N2O5/c1-14-6-8-21-18(10-14)23(28)15(13-31-21)7-9-22(27)26-20(24(29)30)11-16-12-25-19-5-3-2-4-17(16)19/h2-10,12-13,20,25H,11H2,1H3,(H,26,27)(H,29,30)/b9-7+. The molecular formula is C24H20N2O5. The molecule has 0 bridgehead atoms. The Balaban J connectivity index is 1.51. The first kappa shape index (κ1) is 20.2. The molecule has 4 rings (SSSR count). The van der Waals surface area contributed by atoms with E-state index in [0.29, 0.717) is 11.0 Å². The minimum absolute atomic E-state index is 0.121.